The number of thiazole rings is 1. The summed E-state index contributed by atoms with van der Waals surface area (Å²) >= 11 is 1.41. The monoisotopic (exact) mass is 264 g/mol. The van der Waals surface area contributed by atoms with Crippen LogP contribution in [-0.4, -0.2) is 21.1 Å². The normalized spacial score (nSPS) is 10.9. The number of hydrogen-bond donors (Lipinski definition) is 2. The highest BCUT2D eigenvalue weighted by Gasteiger charge is 2.12. The first-order valence-corrected chi connectivity index (χ1v) is 6.73. The van der Waals surface area contributed by atoms with Gasteiger partial charge in [0.1, 0.15) is 4.88 Å². The minimum Gasteiger partial charge on any atom is -0.304 e. The number of amides is 1. The summed E-state index contributed by atoms with van der Waals surface area (Å²) in [5, 5.41) is 10.7. The quantitative estimate of drug-likeness (QED) is 0.892. The fourth-order valence-electron chi connectivity index (χ4n) is 1.45. The van der Waals surface area contributed by atoms with Crippen molar-refractivity contribution in [3.05, 3.63) is 27.8 Å². The standard InChI is InChI=1S/C12H16N4OS/c1-4-11-13-6-9(18-11)12(17)14-10-5-8(7(2)3)15-16-10/h5-7H,4H2,1-3H3,(H2,14,15,16,17). The Morgan fingerprint density at radius 1 is 1.56 bits per heavy atom. The molecule has 18 heavy (non-hydrogen) atoms. The Morgan fingerprint density at radius 2 is 2.33 bits per heavy atom. The second-order valence-corrected chi connectivity index (χ2v) is 5.40. The molecular weight excluding hydrogens is 248 g/mol. The predicted molar refractivity (Wildman–Crippen MR) is 72.1 cm³/mol. The molecule has 0 radical (unpaired) electrons. The van der Waals surface area contributed by atoms with Crippen LogP contribution < -0.4 is 5.32 Å². The Labute approximate surface area is 110 Å². The van der Waals surface area contributed by atoms with Gasteiger partial charge in [-0.25, -0.2) is 4.98 Å². The van der Waals surface area contributed by atoms with Crippen LogP contribution in [0, 0.1) is 0 Å². The molecule has 5 nitrogen and oxygen atoms in total. The lowest BCUT2D eigenvalue weighted by molar-refractivity contribution is 0.103. The number of carbonyl (C=O) groups excluding carboxylic acids is 1. The van der Waals surface area contributed by atoms with E-state index in [1.165, 1.54) is 11.3 Å². The third-order valence-corrected chi connectivity index (χ3v) is 3.68. The van der Waals surface area contributed by atoms with E-state index in [4.69, 9.17) is 0 Å². The van der Waals surface area contributed by atoms with Crippen molar-refractivity contribution in [3.8, 4) is 0 Å². The van der Waals surface area contributed by atoms with Crippen molar-refractivity contribution in [1.29, 1.82) is 0 Å². The number of carbonyl (C=O) groups is 1. The second-order valence-electron chi connectivity index (χ2n) is 4.29. The number of nitrogens with zero attached hydrogens (tertiary/aromatic N) is 2. The van der Waals surface area contributed by atoms with Gasteiger partial charge >= 0.3 is 0 Å². The van der Waals surface area contributed by atoms with Gasteiger partial charge in [-0.3, -0.25) is 9.89 Å². The first-order valence-electron chi connectivity index (χ1n) is 5.91. The van der Waals surface area contributed by atoms with Crippen molar-refractivity contribution in [3.63, 3.8) is 0 Å². The summed E-state index contributed by atoms with van der Waals surface area (Å²) in [6.45, 7) is 6.15. The van der Waals surface area contributed by atoms with Crippen LogP contribution in [0.3, 0.4) is 0 Å². The lowest BCUT2D eigenvalue weighted by atomic mass is 10.1. The van der Waals surface area contributed by atoms with Gasteiger partial charge in [0.15, 0.2) is 5.82 Å². The molecule has 6 heteroatoms. The molecule has 0 spiro atoms. The van der Waals surface area contributed by atoms with Crippen LogP contribution in [0.5, 0.6) is 0 Å². The first-order chi connectivity index (χ1) is 8.60. The Morgan fingerprint density at radius 3 is 2.89 bits per heavy atom. The number of aromatic nitrogens is 3. The van der Waals surface area contributed by atoms with E-state index in [2.05, 4.69) is 34.3 Å². The van der Waals surface area contributed by atoms with Crippen molar-refractivity contribution >= 4 is 23.1 Å². The van der Waals surface area contributed by atoms with Gasteiger partial charge in [0.2, 0.25) is 0 Å². The summed E-state index contributed by atoms with van der Waals surface area (Å²) in [6, 6.07) is 1.85. The molecule has 2 aromatic rings. The molecule has 0 aliphatic heterocycles. The molecule has 1 amide bonds. The van der Waals surface area contributed by atoms with E-state index in [0.717, 1.165) is 17.1 Å². The van der Waals surface area contributed by atoms with Gasteiger partial charge in [-0.15, -0.1) is 11.3 Å². The number of H-pyrrole nitrogens is 1. The van der Waals surface area contributed by atoms with Gasteiger partial charge in [0, 0.05) is 11.8 Å². The SMILES string of the molecule is CCc1ncc(C(=O)Nc2cc(C(C)C)[nH]n2)s1. The van der Waals surface area contributed by atoms with E-state index in [1.54, 1.807) is 6.20 Å². The first kappa shape index (κ1) is 12.8. The highest BCUT2D eigenvalue weighted by molar-refractivity contribution is 7.13. The number of nitrogens with one attached hydrogen (secondary N) is 2. The summed E-state index contributed by atoms with van der Waals surface area (Å²) in [4.78, 5) is 16.7. The molecule has 2 rings (SSSR count). The van der Waals surface area contributed by atoms with E-state index < -0.39 is 0 Å². The van der Waals surface area contributed by atoms with Crippen molar-refractivity contribution in [2.45, 2.75) is 33.1 Å². The van der Waals surface area contributed by atoms with Crippen LogP contribution in [0.1, 0.15) is 47.1 Å². The largest absolute Gasteiger partial charge is 0.304 e. The van der Waals surface area contributed by atoms with Gasteiger partial charge < -0.3 is 5.32 Å². The summed E-state index contributed by atoms with van der Waals surface area (Å²) in [7, 11) is 0. The Balaban J connectivity index is 2.06. The molecule has 0 atom stereocenters. The van der Waals surface area contributed by atoms with Crippen molar-refractivity contribution in [1.82, 2.24) is 15.2 Å². The molecule has 0 saturated heterocycles. The highest BCUT2D eigenvalue weighted by atomic mass is 32.1. The zero-order valence-corrected chi connectivity index (χ0v) is 11.5. The van der Waals surface area contributed by atoms with E-state index >= 15 is 0 Å². The third kappa shape index (κ3) is 2.76. The Bertz CT molecular complexity index is 544. The number of rotatable bonds is 4. The topological polar surface area (TPSA) is 70.7 Å². The molecule has 0 unspecified atom stereocenters. The van der Waals surface area contributed by atoms with Crippen LogP contribution in [0.15, 0.2) is 12.3 Å². The van der Waals surface area contributed by atoms with Crippen LogP contribution in [0.2, 0.25) is 0 Å². The van der Waals surface area contributed by atoms with Gasteiger partial charge in [0.25, 0.3) is 5.91 Å². The molecule has 0 bridgehead atoms. The fraction of sp³-hybridized carbons (Fsp3) is 0.417. The van der Waals surface area contributed by atoms with Crippen LogP contribution in [-0.2, 0) is 6.42 Å². The molecule has 0 aliphatic rings. The smallest absolute Gasteiger partial charge is 0.268 e. The number of aryl methyl sites for hydroxylation is 1. The molecule has 0 saturated carbocycles. The van der Waals surface area contributed by atoms with Crippen molar-refractivity contribution < 1.29 is 4.79 Å². The summed E-state index contributed by atoms with van der Waals surface area (Å²) in [5.74, 6) is 0.752. The minimum atomic E-state index is -0.158. The summed E-state index contributed by atoms with van der Waals surface area (Å²) in [5.41, 5.74) is 1.00. The second kappa shape index (κ2) is 5.30. The van der Waals surface area contributed by atoms with Crippen LogP contribution in [0.25, 0.3) is 0 Å². The van der Waals surface area contributed by atoms with E-state index in [1.807, 2.05) is 13.0 Å². The Kier molecular flexibility index (Phi) is 3.76. The summed E-state index contributed by atoms with van der Waals surface area (Å²) < 4.78 is 0. The maximum Gasteiger partial charge on any atom is 0.268 e. The maximum atomic E-state index is 11.9. The summed E-state index contributed by atoms with van der Waals surface area (Å²) in [6.07, 6.45) is 2.45. The molecular formula is C12H16N4OS. The molecule has 2 aromatic heterocycles. The zero-order valence-electron chi connectivity index (χ0n) is 10.7. The highest BCUT2D eigenvalue weighted by Crippen LogP contribution is 2.17. The van der Waals surface area contributed by atoms with E-state index in [-0.39, 0.29) is 5.91 Å². The lowest BCUT2D eigenvalue weighted by Gasteiger charge is -1.98. The van der Waals surface area contributed by atoms with Gasteiger partial charge in [-0.1, -0.05) is 20.8 Å². The van der Waals surface area contributed by atoms with E-state index in [0.29, 0.717) is 16.6 Å². The maximum absolute atomic E-state index is 11.9. The molecule has 96 valence electrons. The average molecular weight is 264 g/mol. The molecule has 0 aliphatic carbocycles. The minimum absolute atomic E-state index is 0.158. The predicted octanol–water partition coefficient (Wildman–Crippen LogP) is 2.80. The van der Waals surface area contributed by atoms with Crippen molar-refractivity contribution in [2.24, 2.45) is 0 Å². The lowest BCUT2D eigenvalue weighted by Crippen LogP contribution is -2.10. The molecule has 2 heterocycles. The number of anilines is 1. The number of aromatic amines is 1. The number of hydrogen-bond acceptors (Lipinski definition) is 4. The average Bonchev–Trinajstić information content (AvgIpc) is 2.96. The third-order valence-electron chi connectivity index (χ3n) is 2.54. The van der Waals surface area contributed by atoms with Gasteiger partial charge in [0.05, 0.1) is 11.2 Å². The molecule has 0 aromatic carbocycles. The molecule has 0 fully saturated rings. The van der Waals surface area contributed by atoms with Gasteiger partial charge in [-0.2, -0.15) is 5.10 Å². The van der Waals surface area contributed by atoms with Gasteiger partial charge in [-0.05, 0) is 12.3 Å². The van der Waals surface area contributed by atoms with E-state index in [9.17, 15) is 4.79 Å². The van der Waals surface area contributed by atoms with Crippen molar-refractivity contribution in [2.75, 3.05) is 5.32 Å². The zero-order chi connectivity index (χ0) is 13.1. The molecule has 2 N–H and O–H groups in total. The van der Waals surface area contributed by atoms with Crippen LogP contribution in [0.4, 0.5) is 5.82 Å². The fourth-order valence-corrected chi connectivity index (χ4v) is 2.21. The Hall–Kier alpha value is -1.69. The van der Waals surface area contributed by atoms with Crippen LogP contribution >= 0.6 is 11.3 Å².